The maximum atomic E-state index is 12.1. The second-order valence-electron chi connectivity index (χ2n) is 7.68. The Bertz CT molecular complexity index is 445. The van der Waals surface area contributed by atoms with Gasteiger partial charge in [-0.1, -0.05) is 103 Å². The van der Waals surface area contributed by atoms with Crippen LogP contribution in [-0.2, 0) is 14.3 Å². The molecule has 0 aromatic rings. The second kappa shape index (κ2) is 21.0. The lowest BCUT2D eigenvalue weighted by Crippen LogP contribution is -2.42. The Morgan fingerprint density at radius 1 is 0.793 bits per heavy atom. The maximum absolute atomic E-state index is 12.1. The van der Waals surface area contributed by atoms with Gasteiger partial charge < -0.3 is 14.8 Å². The van der Waals surface area contributed by atoms with Crippen LogP contribution < -0.4 is 5.32 Å². The molecule has 1 amide bonds. The molecule has 0 aliphatic carbocycles. The first-order valence-electron chi connectivity index (χ1n) is 11.7. The Hall–Kier alpha value is -1.70. The predicted octanol–water partition coefficient (Wildman–Crippen LogP) is 6.15. The first-order chi connectivity index (χ1) is 14.2. The molecular formula is C24H43NO4. The van der Waals surface area contributed by atoms with Gasteiger partial charge in [-0.2, -0.15) is 0 Å². The summed E-state index contributed by atoms with van der Waals surface area (Å²) in [7, 11) is 0. The predicted molar refractivity (Wildman–Crippen MR) is 119 cm³/mol. The summed E-state index contributed by atoms with van der Waals surface area (Å²) in [5.74, 6) is 1.82. The van der Waals surface area contributed by atoms with E-state index in [0.717, 1.165) is 19.3 Å². The summed E-state index contributed by atoms with van der Waals surface area (Å²) in [6, 6.07) is -0.674. The molecule has 5 nitrogen and oxygen atoms in total. The molecule has 1 N–H and O–H groups in total. The number of hydrogen-bond donors (Lipinski definition) is 1. The van der Waals surface area contributed by atoms with Gasteiger partial charge in [-0.25, -0.2) is 9.59 Å². The molecule has 0 aromatic carbocycles. The Morgan fingerprint density at radius 2 is 1.31 bits per heavy atom. The number of carbonyl (C=O) groups is 2. The van der Waals surface area contributed by atoms with Crippen LogP contribution in [0.25, 0.3) is 0 Å². The van der Waals surface area contributed by atoms with E-state index < -0.39 is 18.1 Å². The Balaban J connectivity index is 3.61. The van der Waals surface area contributed by atoms with Crippen molar-refractivity contribution in [2.75, 3.05) is 13.2 Å². The Morgan fingerprint density at radius 3 is 1.79 bits per heavy atom. The van der Waals surface area contributed by atoms with Gasteiger partial charge in [0.2, 0.25) is 0 Å². The molecule has 0 bridgehead atoms. The number of terminal acetylenes is 1. The van der Waals surface area contributed by atoms with Crippen molar-refractivity contribution in [3.05, 3.63) is 0 Å². The zero-order chi connectivity index (χ0) is 21.6. The number of alkyl carbamates (subject to hydrolysis) is 1. The van der Waals surface area contributed by atoms with Gasteiger partial charge in [0.25, 0.3) is 0 Å². The highest BCUT2D eigenvalue weighted by Crippen LogP contribution is 2.12. The molecule has 0 aliphatic heterocycles. The molecule has 0 spiro atoms. The Kier molecular flexibility index (Phi) is 19.8. The van der Waals surface area contributed by atoms with E-state index in [2.05, 4.69) is 18.2 Å². The van der Waals surface area contributed by atoms with Crippen molar-refractivity contribution in [3.63, 3.8) is 0 Å². The van der Waals surface area contributed by atoms with Gasteiger partial charge in [0.15, 0.2) is 6.61 Å². The molecule has 1 atom stereocenters. The molecule has 0 aromatic heterocycles. The number of carbonyl (C=O) groups excluding carboxylic acids is 2. The van der Waals surface area contributed by atoms with Crippen LogP contribution in [0.4, 0.5) is 4.79 Å². The first kappa shape index (κ1) is 27.3. The summed E-state index contributed by atoms with van der Waals surface area (Å²) in [5.41, 5.74) is 0. The van der Waals surface area contributed by atoms with E-state index in [1.807, 2.05) is 6.92 Å². The van der Waals surface area contributed by atoms with Crippen LogP contribution in [0.3, 0.4) is 0 Å². The lowest BCUT2D eigenvalue weighted by atomic mass is 10.0. The van der Waals surface area contributed by atoms with Crippen molar-refractivity contribution in [3.8, 4) is 12.3 Å². The van der Waals surface area contributed by atoms with E-state index in [4.69, 9.17) is 15.9 Å². The summed E-state index contributed by atoms with van der Waals surface area (Å²) in [5, 5.41) is 2.52. The normalized spacial score (nSPS) is 11.5. The van der Waals surface area contributed by atoms with Crippen LogP contribution in [0, 0.1) is 12.3 Å². The highest BCUT2D eigenvalue weighted by atomic mass is 16.6. The number of rotatable bonds is 19. The summed E-state index contributed by atoms with van der Waals surface area (Å²) >= 11 is 0. The van der Waals surface area contributed by atoms with Crippen LogP contribution in [0.5, 0.6) is 0 Å². The molecule has 0 radical (unpaired) electrons. The number of nitrogens with one attached hydrogen (secondary N) is 1. The zero-order valence-electron chi connectivity index (χ0n) is 18.8. The number of ether oxygens (including phenoxy) is 2. The molecule has 0 heterocycles. The van der Waals surface area contributed by atoms with Crippen LogP contribution in [0.15, 0.2) is 0 Å². The number of esters is 1. The van der Waals surface area contributed by atoms with Crippen LogP contribution in [-0.4, -0.2) is 31.3 Å². The van der Waals surface area contributed by atoms with E-state index in [1.165, 1.54) is 70.6 Å². The third-order valence-corrected chi connectivity index (χ3v) is 4.93. The van der Waals surface area contributed by atoms with Crippen molar-refractivity contribution >= 4 is 12.1 Å². The minimum atomic E-state index is -0.681. The van der Waals surface area contributed by atoms with Crippen molar-refractivity contribution in [2.24, 2.45) is 0 Å². The third-order valence-electron chi connectivity index (χ3n) is 4.93. The molecular weight excluding hydrogens is 366 g/mol. The first-order valence-corrected chi connectivity index (χ1v) is 11.7. The molecule has 0 saturated heterocycles. The number of unbranched alkanes of at least 4 members (excludes halogenated alkanes) is 12. The molecule has 29 heavy (non-hydrogen) atoms. The van der Waals surface area contributed by atoms with Crippen LogP contribution >= 0.6 is 0 Å². The standard InChI is InChI=1S/C24H43NO4/c1-4-7-8-9-10-11-12-13-14-15-16-17-18-21-28-23(26)22(19-5-2)25-24(27)29-20-6-3/h3,22H,4-5,7-21H2,1-2H3,(H,25,27). The largest absolute Gasteiger partial charge is 0.464 e. The number of amides is 1. The van der Waals surface area contributed by atoms with E-state index in [1.54, 1.807) is 0 Å². The monoisotopic (exact) mass is 409 g/mol. The lowest BCUT2D eigenvalue weighted by molar-refractivity contribution is -0.146. The third kappa shape index (κ3) is 18.1. The van der Waals surface area contributed by atoms with Crippen LogP contribution in [0.1, 0.15) is 110 Å². The molecule has 0 saturated carbocycles. The molecule has 168 valence electrons. The van der Waals surface area contributed by atoms with Gasteiger partial charge in [-0.15, -0.1) is 6.42 Å². The van der Waals surface area contributed by atoms with E-state index >= 15 is 0 Å². The molecule has 0 aliphatic rings. The average molecular weight is 410 g/mol. The van der Waals surface area contributed by atoms with Crippen molar-refractivity contribution in [1.82, 2.24) is 5.32 Å². The molecule has 0 rings (SSSR count). The summed E-state index contributed by atoms with van der Waals surface area (Å²) < 4.78 is 10.1. The van der Waals surface area contributed by atoms with Gasteiger partial charge >= 0.3 is 12.1 Å². The van der Waals surface area contributed by atoms with Gasteiger partial charge in [0.1, 0.15) is 6.04 Å². The number of hydrogen-bond acceptors (Lipinski definition) is 4. The Labute approximate surface area is 178 Å². The van der Waals surface area contributed by atoms with Crippen molar-refractivity contribution in [2.45, 2.75) is 116 Å². The zero-order valence-corrected chi connectivity index (χ0v) is 18.8. The van der Waals surface area contributed by atoms with Crippen molar-refractivity contribution < 1.29 is 19.1 Å². The van der Waals surface area contributed by atoms with Gasteiger partial charge in [0, 0.05) is 0 Å². The van der Waals surface area contributed by atoms with E-state index in [0.29, 0.717) is 13.0 Å². The highest BCUT2D eigenvalue weighted by Gasteiger charge is 2.21. The van der Waals surface area contributed by atoms with Crippen molar-refractivity contribution in [1.29, 1.82) is 0 Å². The lowest BCUT2D eigenvalue weighted by Gasteiger charge is -2.16. The highest BCUT2D eigenvalue weighted by molar-refractivity contribution is 5.81. The molecule has 0 fully saturated rings. The summed E-state index contributed by atoms with van der Waals surface area (Å²) in [6.45, 7) is 4.49. The minimum absolute atomic E-state index is 0.112. The fraction of sp³-hybridized carbons (Fsp3) is 0.833. The fourth-order valence-electron chi connectivity index (χ4n) is 3.22. The topological polar surface area (TPSA) is 64.6 Å². The SMILES string of the molecule is C#CCOC(=O)NC(CCC)C(=O)OCCCCCCCCCCCCCCC. The van der Waals surface area contributed by atoms with Crippen LogP contribution in [0.2, 0.25) is 0 Å². The second-order valence-corrected chi connectivity index (χ2v) is 7.68. The quantitative estimate of drug-likeness (QED) is 0.158. The minimum Gasteiger partial charge on any atom is -0.464 e. The van der Waals surface area contributed by atoms with Gasteiger partial charge in [0.05, 0.1) is 6.61 Å². The van der Waals surface area contributed by atoms with E-state index in [9.17, 15) is 9.59 Å². The van der Waals surface area contributed by atoms with Gasteiger partial charge in [-0.05, 0) is 12.8 Å². The summed E-state index contributed by atoms with van der Waals surface area (Å²) in [6.07, 6.45) is 22.3. The fourth-order valence-corrected chi connectivity index (χ4v) is 3.22. The molecule has 1 unspecified atom stereocenters. The molecule has 5 heteroatoms. The average Bonchev–Trinajstić information content (AvgIpc) is 2.72. The summed E-state index contributed by atoms with van der Waals surface area (Å²) in [4.78, 5) is 23.7. The smallest absolute Gasteiger partial charge is 0.408 e. The maximum Gasteiger partial charge on any atom is 0.408 e. The van der Waals surface area contributed by atoms with E-state index in [-0.39, 0.29) is 6.61 Å². The van der Waals surface area contributed by atoms with Gasteiger partial charge in [-0.3, -0.25) is 0 Å².